The quantitative estimate of drug-likeness (QED) is 0.0211. The molecule has 0 aromatic carbocycles. The number of ether oxygens (including phenoxy) is 2. The number of rotatable bonds is 72. The van der Waals surface area contributed by atoms with E-state index in [1.54, 1.807) is 0 Å². The van der Waals surface area contributed by atoms with E-state index in [1.165, 1.54) is 57.8 Å². The molecule has 2 atom stereocenters. The Hall–Kier alpha value is -6.19. The molecule has 9 nitrogen and oxygen atoms in total. The minimum Gasteiger partial charge on any atom is -0.462 e. The molecule has 0 fully saturated rings. The van der Waals surface area contributed by atoms with Gasteiger partial charge in [-0.05, 0) is 167 Å². The maximum absolute atomic E-state index is 12.9. The Morgan fingerprint density at radius 3 is 0.769 bits per heavy atom. The van der Waals surface area contributed by atoms with Gasteiger partial charge in [0.15, 0.2) is 6.10 Å². The first-order valence-corrected chi connectivity index (χ1v) is 42.3. The van der Waals surface area contributed by atoms with Crippen LogP contribution in [-0.2, 0) is 32.7 Å². The number of carbonyl (C=O) groups excluding carboxylic acids is 2. The third-order valence-corrected chi connectivity index (χ3v) is 17.4. The Morgan fingerprint density at radius 2 is 0.519 bits per heavy atom. The molecule has 0 amide bonds. The zero-order valence-corrected chi connectivity index (χ0v) is 67.3. The fraction of sp³-hybridized carbons (Fsp3) is 0.553. The third-order valence-electron chi connectivity index (χ3n) is 16.4. The molecule has 0 bridgehead atoms. The molecule has 0 heterocycles. The van der Waals surface area contributed by atoms with Gasteiger partial charge in [-0.25, -0.2) is 4.57 Å². The van der Waals surface area contributed by atoms with Crippen molar-refractivity contribution in [2.75, 3.05) is 47.5 Å². The highest BCUT2D eigenvalue weighted by molar-refractivity contribution is 7.47. The fourth-order valence-electron chi connectivity index (χ4n) is 10.2. The monoisotopic (exact) mass is 1450 g/mol. The summed E-state index contributed by atoms with van der Waals surface area (Å²) in [5, 5.41) is 0. The largest absolute Gasteiger partial charge is 0.472 e. The van der Waals surface area contributed by atoms with Gasteiger partial charge in [0.25, 0.3) is 0 Å². The zero-order valence-electron chi connectivity index (χ0n) is 66.4. The molecule has 0 aliphatic carbocycles. The lowest BCUT2D eigenvalue weighted by Crippen LogP contribution is -2.37. The average molecular weight is 1450 g/mol. The van der Waals surface area contributed by atoms with E-state index in [4.69, 9.17) is 18.5 Å². The molecule has 2 unspecified atom stereocenters. The first-order valence-electron chi connectivity index (χ1n) is 40.8. The highest BCUT2D eigenvalue weighted by atomic mass is 31.2. The Morgan fingerprint density at radius 1 is 0.298 bits per heavy atom. The molecule has 10 heteroatoms. The van der Waals surface area contributed by atoms with Crippen molar-refractivity contribution < 1.29 is 42.1 Å². The average Bonchev–Trinajstić information content (AvgIpc) is 0.920. The van der Waals surface area contributed by atoms with Crippen LogP contribution in [0.4, 0.5) is 0 Å². The van der Waals surface area contributed by atoms with Gasteiger partial charge in [-0.15, -0.1) is 0 Å². The van der Waals surface area contributed by atoms with Crippen molar-refractivity contribution in [3.05, 3.63) is 243 Å². The summed E-state index contributed by atoms with van der Waals surface area (Å²) in [5.74, 6) is -0.827. The van der Waals surface area contributed by atoms with Crippen molar-refractivity contribution in [1.82, 2.24) is 0 Å². The zero-order chi connectivity index (χ0) is 75.4. The number of nitrogens with zero attached hydrogens (tertiary/aromatic N) is 1. The number of likely N-dealkylation sites (N-methyl/N-ethyl adjacent to an activating group) is 1. The van der Waals surface area contributed by atoms with Gasteiger partial charge in [-0.2, -0.15) is 0 Å². The minimum absolute atomic E-state index is 0.0168. The standard InChI is InChI=1S/C94H148NO8P/c1-6-8-10-12-14-16-18-20-22-24-26-28-30-32-34-36-38-40-42-44-46-47-49-51-53-55-57-59-61-63-65-67-69-71-73-75-77-79-81-83-85-87-94(97)103-92(91-102-104(98,99)101-89-88-95(3,4)5)90-100-93(96)86-84-82-80-78-76-74-72-70-68-66-64-62-60-58-56-54-52-50-48-45-43-41-39-37-35-33-31-29-27-25-23-21-19-17-15-13-11-9-7-2/h8-11,14-17,20-23,26-29,32-35,38-41,44-46,48-49,51-52,54-55,57-58,60-61,63,67,69,92H,6-7,12-13,18-19,24-25,30-31,36-37,42-43,47,50,53,56,59,62,64-66,68,70-91H2,1-5H3/p+1/b10-8-,11-9-,16-14-,17-15-,22-20-,23-21-,28-26-,29-27-,34-32-,35-33-,40-38-,41-39-,46-44-,48-45-,51-49-,54-52-,57-55-,60-58-,63-61-,69-67-. The lowest BCUT2D eigenvalue weighted by atomic mass is 10.0. The molecule has 0 rings (SSSR count). The van der Waals surface area contributed by atoms with Crippen LogP contribution in [0.1, 0.15) is 284 Å². The van der Waals surface area contributed by atoms with Gasteiger partial charge in [-0.1, -0.05) is 347 Å². The summed E-state index contributed by atoms with van der Waals surface area (Å²) in [6.07, 6.45) is 131. The molecule has 0 saturated heterocycles. The van der Waals surface area contributed by atoms with E-state index in [-0.39, 0.29) is 32.0 Å². The maximum Gasteiger partial charge on any atom is 0.472 e. The van der Waals surface area contributed by atoms with Crippen molar-refractivity contribution in [3.63, 3.8) is 0 Å². The SMILES string of the molecule is CC/C=C\C/C=C\C/C=C\C/C=C\C/C=C\C/C=C\C/C=C\C/C=C\C/C=C\C/C=C\C/C=C\CCCCCCCCCC(=O)OC(COC(=O)CCCCCCCCCCCCC/C=C\C/C=C\C/C=C\C/C=C\C/C=C\C/C=C\C/C=C\C/C=C\C/C=C\CC)COP(=O)(O)OCC[N+](C)(C)C. The van der Waals surface area contributed by atoms with Gasteiger partial charge in [0.2, 0.25) is 0 Å². The first kappa shape index (κ1) is 97.8. The van der Waals surface area contributed by atoms with E-state index in [9.17, 15) is 19.0 Å². The summed E-state index contributed by atoms with van der Waals surface area (Å²) in [7, 11) is 1.44. The van der Waals surface area contributed by atoms with E-state index >= 15 is 0 Å². The number of allylic oxidation sites excluding steroid dienone is 40. The molecule has 0 spiro atoms. The van der Waals surface area contributed by atoms with Gasteiger partial charge in [0, 0.05) is 12.8 Å². The Bertz CT molecular complexity index is 2670. The molecule has 1 N–H and O–H groups in total. The highest BCUT2D eigenvalue weighted by Gasteiger charge is 2.27. The maximum atomic E-state index is 12.9. The van der Waals surface area contributed by atoms with Crippen LogP contribution in [0.2, 0.25) is 0 Å². The van der Waals surface area contributed by atoms with E-state index < -0.39 is 26.5 Å². The van der Waals surface area contributed by atoms with Gasteiger partial charge in [0.05, 0.1) is 27.7 Å². The molecule has 0 aliphatic rings. The lowest BCUT2D eigenvalue weighted by molar-refractivity contribution is -0.870. The number of quaternary nitrogens is 1. The van der Waals surface area contributed by atoms with Crippen LogP contribution >= 0.6 is 7.82 Å². The minimum atomic E-state index is -4.42. The summed E-state index contributed by atoms with van der Waals surface area (Å²) in [6.45, 7) is 4.17. The molecule has 104 heavy (non-hydrogen) atoms. The van der Waals surface area contributed by atoms with E-state index in [2.05, 4.69) is 257 Å². The summed E-state index contributed by atoms with van der Waals surface area (Å²) in [6, 6.07) is 0. The normalized spacial score (nSPS) is 14.3. The Balaban J connectivity index is 4.12. The smallest absolute Gasteiger partial charge is 0.462 e. The number of phosphoric acid groups is 1. The molecule has 0 radical (unpaired) electrons. The third kappa shape index (κ3) is 84.7. The van der Waals surface area contributed by atoms with Crippen LogP contribution in [0.25, 0.3) is 0 Å². The second kappa shape index (κ2) is 80.9. The number of esters is 2. The predicted molar refractivity (Wildman–Crippen MR) is 454 cm³/mol. The van der Waals surface area contributed by atoms with Crippen LogP contribution in [-0.4, -0.2) is 74.9 Å². The van der Waals surface area contributed by atoms with E-state index in [0.29, 0.717) is 17.4 Å². The molecule has 0 aromatic rings. The second-order valence-electron chi connectivity index (χ2n) is 27.3. The molecule has 0 saturated carbocycles. The van der Waals surface area contributed by atoms with Crippen molar-refractivity contribution in [3.8, 4) is 0 Å². The van der Waals surface area contributed by atoms with Crippen molar-refractivity contribution >= 4 is 19.8 Å². The Kier molecular flexibility index (Phi) is 76.1. The molecular weight excluding hydrogens is 1300 g/mol. The Labute approximate surface area is 638 Å². The fourth-order valence-corrected chi connectivity index (χ4v) is 11.0. The van der Waals surface area contributed by atoms with Gasteiger partial charge >= 0.3 is 19.8 Å². The lowest BCUT2D eigenvalue weighted by Gasteiger charge is -2.24. The molecular formula is C94H149NO8P+. The second-order valence-corrected chi connectivity index (χ2v) is 28.8. The van der Waals surface area contributed by atoms with Crippen LogP contribution < -0.4 is 0 Å². The number of unbranched alkanes of at least 4 members (excludes halogenated alkanes) is 18. The van der Waals surface area contributed by atoms with Crippen LogP contribution in [0, 0.1) is 0 Å². The molecule has 0 aromatic heterocycles. The molecule has 0 aliphatic heterocycles. The van der Waals surface area contributed by atoms with Gasteiger partial charge in [-0.3, -0.25) is 18.6 Å². The van der Waals surface area contributed by atoms with Gasteiger partial charge in [0.1, 0.15) is 19.8 Å². The summed E-state index contributed by atoms with van der Waals surface area (Å²) in [4.78, 5) is 36.0. The predicted octanol–water partition coefficient (Wildman–Crippen LogP) is 27.8. The summed E-state index contributed by atoms with van der Waals surface area (Å²) < 4.78 is 34.8. The van der Waals surface area contributed by atoms with Crippen LogP contribution in [0.15, 0.2) is 243 Å². The summed E-state index contributed by atoms with van der Waals surface area (Å²) >= 11 is 0. The van der Waals surface area contributed by atoms with Crippen molar-refractivity contribution in [2.45, 2.75) is 290 Å². The van der Waals surface area contributed by atoms with Gasteiger partial charge < -0.3 is 18.9 Å². The molecule has 582 valence electrons. The number of hydrogen-bond donors (Lipinski definition) is 1. The van der Waals surface area contributed by atoms with Crippen LogP contribution in [0.3, 0.4) is 0 Å². The number of carbonyl (C=O) groups is 2. The van der Waals surface area contributed by atoms with Crippen molar-refractivity contribution in [1.29, 1.82) is 0 Å². The number of phosphoric ester groups is 1. The summed E-state index contributed by atoms with van der Waals surface area (Å²) in [5.41, 5.74) is 0. The highest BCUT2D eigenvalue weighted by Crippen LogP contribution is 2.43. The van der Waals surface area contributed by atoms with E-state index in [1.807, 2.05) is 21.1 Å². The first-order chi connectivity index (χ1) is 51.0. The van der Waals surface area contributed by atoms with Crippen molar-refractivity contribution in [2.24, 2.45) is 0 Å². The van der Waals surface area contributed by atoms with Crippen LogP contribution in [0.5, 0.6) is 0 Å². The van der Waals surface area contributed by atoms with E-state index in [0.717, 1.165) is 193 Å². The number of hydrogen-bond acceptors (Lipinski definition) is 7. The topological polar surface area (TPSA) is 108 Å².